The normalized spacial score (nSPS) is 11.9. The van der Waals surface area contributed by atoms with E-state index in [9.17, 15) is 18.4 Å². The average Bonchev–Trinajstić information content (AvgIpc) is 3.15. The van der Waals surface area contributed by atoms with Crippen molar-refractivity contribution in [3.63, 3.8) is 0 Å². The summed E-state index contributed by atoms with van der Waals surface area (Å²) in [6, 6.07) is 14.3. The number of hydrogen-bond donors (Lipinski definition) is 0. The van der Waals surface area contributed by atoms with E-state index in [-0.39, 0.29) is 11.1 Å². The lowest BCUT2D eigenvalue weighted by Crippen LogP contribution is -2.07. The molecule has 0 unspecified atom stereocenters. The van der Waals surface area contributed by atoms with Gasteiger partial charge in [-0.25, -0.2) is 4.98 Å². The van der Waals surface area contributed by atoms with Gasteiger partial charge in [0, 0.05) is 10.9 Å². The summed E-state index contributed by atoms with van der Waals surface area (Å²) in [5.41, 5.74) is 0.693. The van der Waals surface area contributed by atoms with Gasteiger partial charge >= 0.3 is 6.18 Å². The zero-order valence-corrected chi connectivity index (χ0v) is 14.9. The molecule has 27 heavy (non-hydrogen) atoms. The van der Waals surface area contributed by atoms with Crippen LogP contribution >= 0.6 is 11.3 Å². The molecule has 0 fully saturated rings. The predicted molar refractivity (Wildman–Crippen MR) is 99.0 cm³/mol. The van der Waals surface area contributed by atoms with Crippen LogP contribution in [0.15, 0.2) is 53.9 Å². The second kappa shape index (κ2) is 7.64. The highest BCUT2D eigenvalue weighted by molar-refractivity contribution is 7.11. The number of thiazole rings is 1. The molecule has 0 radical (unpaired) electrons. The van der Waals surface area contributed by atoms with Crippen LogP contribution in [0.25, 0.3) is 22.9 Å². The van der Waals surface area contributed by atoms with Gasteiger partial charge < -0.3 is 4.74 Å². The SMILES string of the molecule is COc1ccc(-c2csc(C(C#N)=Cc3ccccc3C(F)(F)F)n2)cc1. The lowest BCUT2D eigenvalue weighted by Gasteiger charge is -2.09. The monoisotopic (exact) mass is 386 g/mol. The fourth-order valence-corrected chi connectivity index (χ4v) is 3.26. The van der Waals surface area contributed by atoms with E-state index in [2.05, 4.69) is 4.98 Å². The fraction of sp³-hybridized carbons (Fsp3) is 0.100. The number of ether oxygens (including phenoxy) is 1. The molecule has 7 heteroatoms. The molecule has 0 aliphatic heterocycles. The quantitative estimate of drug-likeness (QED) is 0.524. The highest BCUT2D eigenvalue weighted by atomic mass is 32.1. The number of alkyl halides is 3. The van der Waals surface area contributed by atoms with Gasteiger partial charge in [-0.05, 0) is 42.0 Å². The first-order valence-corrected chi connectivity index (χ1v) is 8.68. The number of nitriles is 1. The zero-order chi connectivity index (χ0) is 19.4. The van der Waals surface area contributed by atoms with E-state index in [0.29, 0.717) is 16.5 Å². The third kappa shape index (κ3) is 4.18. The molecular formula is C20H13F3N2OS. The van der Waals surface area contributed by atoms with Gasteiger partial charge in [0.15, 0.2) is 0 Å². The van der Waals surface area contributed by atoms with Gasteiger partial charge in [-0.15, -0.1) is 11.3 Å². The van der Waals surface area contributed by atoms with Crippen molar-refractivity contribution in [2.75, 3.05) is 7.11 Å². The standard InChI is InChI=1S/C20H13F3N2OS/c1-26-16-8-6-13(7-9-16)18-12-27-19(25-18)15(11-24)10-14-4-2-3-5-17(14)20(21,22)23/h2-10,12H,1H3. The molecule has 3 nitrogen and oxygen atoms in total. The fourth-order valence-electron chi connectivity index (χ4n) is 2.47. The Morgan fingerprint density at radius 3 is 2.48 bits per heavy atom. The smallest absolute Gasteiger partial charge is 0.416 e. The summed E-state index contributed by atoms with van der Waals surface area (Å²) in [4.78, 5) is 4.40. The number of hydrogen-bond acceptors (Lipinski definition) is 4. The van der Waals surface area contributed by atoms with Crippen molar-refractivity contribution >= 4 is 23.0 Å². The second-order valence-electron chi connectivity index (χ2n) is 5.52. The third-order valence-corrected chi connectivity index (χ3v) is 4.68. The molecule has 136 valence electrons. The maximum atomic E-state index is 13.2. The van der Waals surface area contributed by atoms with Crippen LogP contribution in [0.5, 0.6) is 5.75 Å². The Labute approximate surface area is 158 Å². The summed E-state index contributed by atoms with van der Waals surface area (Å²) in [6.45, 7) is 0. The van der Waals surface area contributed by atoms with Crippen molar-refractivity contribution in [2.45, 2.75) is 6.18 Å². The van der Waals surface area contributed by atoms with Gasteiger partial charge in [0.25, 0.3) is 0 Å². The van der Waals surface area contributed by atoms with Crippen LogP contribution in [0.2, 0.25) is 0 Å². The Hall–Kier alpha value is -3.11. The Bertz CT molecular complexity index is 1010. The summed E-state index contributed by atoms with van der Waals surface area (Å²) < 4.78 is 44.6. The minimum absolute atomic E-state index is 0.0669. The van der Waals surface area contributed by atoms with Crippen molar-refractivity contribution in [1.82, 2.24) is 4.98 Å². The first kappa shape index (κ1) is 18.7. The molecule has 1 aromatic heterocycles. The summed E-state index contributed by atoms with van der Waals surface area (Å²) >= 11 is 1.21. The van der Waals surface area contributed by atoms with Crippen molar-refractivity contribution in [3.8, 4) is 23.1 Å². The summed E-state index contributed by atoms with van der Waals surface area (Å²) in [7, 11) is 1.57. The molecule has 0 aliphatic carbocycles. The molecule has 3 aromatic rings. The topological polar surface area (TPSA) is 45.9 Å². The molecule has 2 aromatic carbocycles. The molecule has 0 aliphatic rings. The van der Waals surface area contributed by atoms with E-state index >= 15 is 0 Å². The van der Waals surface area contributed by atoms with E-state index in [0.717, 1.165) is 11.6 Å². The van der Waals surface area contributed by atoms with E-state index in [4.69, 9.17) is 4.74 Å². The van der Waals surface area contributed by atoms with Gasteiger partial charge in [-0.1, -0.05) is 18.2 Å². The highest BCUT2D eigenvalue weighted by Crippen LogP contribution is 2.34. The molecule has 1 heterocycles. The summed E-state index contributed by atoms with van der Waals surface area (Å²) in [5, 5.41) is 11.6. The number of aromatic nitrogens is 1. The summed E-state index contributed by atoms with van der Waals surface area (Å²) in [5.74, 6) is 0.704. The molecular weight excluding hydrogens is 373 g/mol. The maximum absolute atomic E-state index is 13.2. The lowest BCUT2D eigenvalue weighted by atomic mass is 10.0. The highest BCUT2D eigenvalue weighted by Gasteiger charge is 2.32. The van der Waals surface area contributed by atoms with Crippen molar-refractivity contribution in [1.29, 1.82) is 5.26 Å². The Morgan fingerprint density at radius 2 is 1.85 bits per heavy atom. The van der Waals surface area contributed by atoms with E-state index in [1.165, 1.54) is 35.6 Å². The first-order chi connectivity index (χ1) is 12.9. The minimum atomic E-state index is -4.50. The number of benzene rings is 2. The predicted octanol–water partition coefficient (Wildman–Crippen LogP) is 5.90. The first-order valence-electron chi connectivity index (χ1n) is 7.80. The van der Waals surface area contributed by atoms with Crippen LogP contribution in [-0.4, -0.2) is 12.1 Å². The van der Waals surface area contributed by atoms with Gasteiger partial charge in [-0.3, -0.25) is 0 Å². The minimum Gasteiger partial charge on any atom is -0.497 e. The van der Waals surface area contributed by atoms with Gasteiger partial charge in [0.1, 0.15) is 16.8 Å². The largest absolute Gasteiger partial charge is 0.497 e. The van der Waals surface area contributed by atoms with Crippen LogP contribution in [-0.2, 0) is 6.18 Å². The Morgan fingerprint density at radius 1 is 1.15 bits per heavy atom. The average molecular weight is 386 g/mol. The second-order valence-corrected chi connectivity index (χ2v) is 6.38. The molecule has 3 rings (SSSR count). The molecule has 0 spiro atoms. The molecule has 0 atom stereocenters. The molecule has 0 bridgehead atoms. The molecule has 0 saturated heterocycles. The van der Waals surface area contributed by atoms with Gasteiger partial charge in [0.05, 0.1) is 23.9 Å². The van der Waals surface area contributed by atoms with E-state index in [1.807, 2.05) is 18.2 Å². The Kier molecular flexibility index (Phi) is 5.28. The van der Waals surface area contributed by atoms with Gasteiger partial charge in [-0.2, -0.15) is 18.4 Å². The zero-order valence-electron chi connectivity index (χ0n) is 14.1. The van der Waals surface area contributed by atoms with Crippen LogP contribution in [0.1, 0.15) is 16.1 Å². The molecule has 0 N–H and O–H groups in total. The van der Waals surface area contributed by atoms with Crippen LogP contribution in [0, 0.1) is 11.3 Å². The number of allylic oxidation sites excluding steroid dienone is 1. The van der Waals surface area contributed by atoms with Crippen LogP contribution in [0.3, 0.4) is 0 Å². The van der Waals surface area contributed by atoms with Crippen molar-refractivity contribution < 1.29 is 17.9 Å². The van der Waals surface area contributed by atoms with E-state index < -0.39 is 11.7 Å². The number of methoxy groups -OCH3 is 1. The number of nitrogens with zero attached hydrogens (tertiary/aromatic N) is 2. The number of rotatable bonds is 4. The van der Waals surface area contributed by atoms with Crippen molar-refractivity contribution in [2.24, 2.45) is 0 Å². The van der Waals surface area contributed by atoms with Gasteiger partial charge in [0.2, 0.25) is 0 Å². The Balaban J connectivity index is 1.97. The number of halogens is 3. The maximum Gasteiger partial charge on any atom is 0.416 e. The van der Waals surface area contributed by atoms with E-state index in [1.54, 1.807) is 24.6 Å². The third-order valence-electron chi connectivity index (χ3n) is 3.81. The molecule has 0 amide bonds. The van der Waals surface area contributed by atoms with Crippen LogP contribution < -0.4 is 4.74 Å². The summed E-state index contributed by atoms with van der Waals surface area (Å²) in [6.07, 6.45) is -3.27. The van der Waals surface area contributed by atoms with Crippen molar-refractivity contribution in [3.05, 3.63) is 70.0 Å². The lowest BCUT2D eigenvalue weighted by molar-refractivity contribution is -0.137. The van der Waals surface area contributed by atoms with Crippen LogP contribution in [0.4, 0.5) is 13.2 Å². The molecule has 0 saturated carbocycles.